The van der Waals surface area contributed by atoms with Crippen molar-refractivity contribution in [1.29, 1.82) is 0 Å². The highest BCUT2D eigenvalue weighted by molar-refractivity contribution is 5.78. The molecule has 26 heavy (non-hydrogen) atoms. The van der Waals surface area contributed by atoms with Crippen molar-refractivity contribution >= 4 is 11.0 Å². The molecule has 3 aromatic rings. The zero-order valence-electron chi connectivity index (χ0n) is 16.9. The van der Waals surface area contributed by atoms with E-state index in [4.69, 9.17) is 5.10 Å². The molecule has 138 valence electrons. The van der Waals surface area contributed by atoms with Gasteiger partial charge in [0.1, 0.15) is 22.5 Å². The van der Waals surface area contributed by atoms with Crippen molar-refractivity contribution in [3.63, 3.8) is 0 Å². The molecule has 3 rings (SSSR count). The summed E-state index contributed by atoms with van der Waals surface area (Å²) in [6.45, 7) is 15.0. The van der Waals surface area contributed by atoms with Gasteiger partial charge in [0.2, 0.25) is 0 Å². The van der Waals surface area contributed by atoms with Crippen LogP contribution in [0.1, 0.15) is 65.2 Å². The first-order valence-corrected chi connectivity index (χ1v) is 9.25. The maximum absolute atomic E-state index is 11.0. The molecule has 1 N–H and O–H groups in total. The lowest BCUT2D eigenvalue weighted by Crippen LogP contribution is -2.18. The smallest absolute Gasteiger partial charge is 0.146 e. The minimum absolute atomic E-state index is 0.0381. The molecule has 0 bridgehead atoms. The second-order valence-corrected chi connectivity index (χ2v) is 9.02. The van der Waals surface area contributed by atoms with Gasteiger partial charge in [0.05, 0.1) is 0 Å². The van der Waals surface area contributed by atoms with E-state index in [0.717, 1.165) is 34.1 Å². The monoisotopic (exact) mass is 351 g/mol. The summed E-state index contributed by atoms with van der Waals surface area (Å²) in [4.78, 5) is 1.59. The lowest BCUT2D eigenvalue weighted by molar-refractivity contribution is 0.438. The Morgan fingerprint density at radius 3 is 2.23 bits per heavy atom. The van der Waals surface area contributed by atoms with Gasteiger partial charge in [-0.2, -0.15) is 0 Å². The third kappa shape index (κ3) is 3.20. The molecule has 0 unspecified atom stereocenters. The first-order chi connectivity index (χ1) is 12.0. The minimum Gasteiger partial charge on any atom is -0.505 e. The quantitative estimate of drug-likeness (QED) is 0.683. The number of hydrogen-bond donors (Lipinski definition) is 1. The van der Waals surface area contributed by atoms with Crippen LogP contribution >= 0.6 is 0 Å². The van der Waals surface area contributed by atoms with Crippen LogP contribution in [-0.2, 0) is 17.3 Å². The lowest BCUT2D eigenvalue weighted by atomic mass is 9.80. The van der Waals surface area contributed by atoms with Gasteiger partial charge in [0.15, 0.2) is 0 Å². The molecule has 0 spiro atoms. The number of benzene rings is 2. The van der Waals surface area contributed by atoms with Gasteiger partial charge in [-0.1, -0.05) is 66.7 Å². The zero-order chi connectivity index (χ0) is 19.3. The highest BCUT2D eigenvalue weighted by Gasteiger charge is 2.26. The Morgan fingerprint density at radius 1 is 0.962 bits per heavy atom. The number of aryl methyl sites for hydroxylation is 1. The van der Waals surface area contributed by atoms with Gasteiger partial charge >= 0.3 is 0 Å². The molecule has 0 fully saturated rings. The fourth-order valence-electron chi connectivity index (χ4n) is 3.16. The lowest BCUT2D eigenvalue weighted by Gasteiger charge is -2.27. The summed E-state index contributed by atoms with van der Waals surface area (Å²) in [6, 6.07) is 10.2. The van der Waals surface area contributed by atoms with Crippen LogP contribution in [0.2, 0.25) is 0 Å². The van der Waals surface area contributed by atoms with Crippen molar-refractivity contribution in [3.8, 4) is 11.4 Å². The maximum atomic E-state index is 11.0. The average Bonchev–Trinajstić information content (AvgIpc) is 2.96. The fraction of sp³-hybridized carbons (Fsp3) is 0.455. The number of phenolic OH excluding ortho intramolecular Hbond substituents is 1. The Balaban J connectivity index is 2.31. The Labute approximate surface area is 155 Å². The van der Waals surface area contributed by atoms with Crippen LogP contribution < -0.4 is 0 Å². The summed E-state index contributed by atoms with van der Waals surface area (Å²) in [6.07, 6.45) is 0.900. The number of hydrogen-bond acceptors (Lipinski definition) is 3. The molecule has 1 heterocycles. The van der Waals surface area contributed by atoms with Crippen molar-refractivity contribution < 1.29 is 5.11 Å². The van der Waals surface area contributed by atoms with E-state index in [-0.39, 0.29) is 16.6 Å². The van der Waals surface area contributed by atoms with Crippen LogP contribution in [0.3, 0.4) is 0 Å². The molecule has 0 saturated heterocycles. The molecule has 4 nitrogen and oxygen atoms in total. The molecule has 0 aliphatic heterocycles. The molecular weight excluding hydrogens is 322 g/mol. The van der Waals surface area contributed by atoms with Gasteiger partial charge in [0.25, 0.3) is 0 Å². The van der Waals surface area contributed by atoms with Crippen molar-refractivity contribution in [2.75, 3.05) is 0 Å². The number of aromatic hydroxyl groups is 1. The van der Waals surface area contributed by atoms with E-state index in [0.29, 0.717) is 5.69 Å². The molecule has 0 amide bonds. The van der Waals surface area contributed by atoms with Crippen molar-refractivity contribution in [2.45, 2.75) is 65.7 Å². The Kier molecular flexibility index (Phi) is 4.33. The summed E-state index contributed by atoms with van der Waals surface area (Å²) in [5.74, 6) is 0.254. The maximum Gasteiger partial charge on any atom is 0.146 e. The summed E-state index contributed by atoms with van der Waals surface area (Å²) < 4.78 is 0. The van der Waals surface area contributed by atoms with E-state index >= 15 is 0 Å². The number of aromatic nitrogens is 3. The van der Waals surface area contributed by atoms with Crippen LogP contribution in [0.15, 0.2) is 30.3 Å². The van der Waals surface area contributed by atoms with Crippen LogP contribution in [0.25, 0.3) is 16.7 Å². The molecule has 0 aliphatic rings. The number of rotatable bonds is 2. The first-order valence-electron chi connectivity index (χ1n) is 9.25. The first kappa shape index (κ1) is 18.4. The second kappa shape index (κ2) is 6.11. The summed E-state index contributed by atoms with van der Waals surface area (Å²) in [5, 5.41) is 20.4. The predicted molar refractivity (Wildman–Crippen MR) is 107 cm³/mol. The van der Waals surface area contributed by atoms with E-state index in [2.05, 4.69) is 65.7 Å². The third-order valence-electron chi connectivity index (χ3n) is 4.86. The molecule has 4 heteroatoms. The van der Waals surface area contributed by atoms with Crippen LogP contribution in [0, 0.1) is 0 Å². The molecule has 0 atom stereocenters. The van der Waals surface area contributed by atoms with E-state index in [1.54, 1.807) is 4.80 Å². The van der Waals surface area contributed by atoms with Gasteiger partial charge in [-0.15, -0.1) is 15.0 Å². The highest BCUT2D eigenvalue weighted by atomic mass is 16.3. The molecule has 0 saturated carbocycles. The summed E-state index contributed by atoms with van der Waals surface area (Å²) >= 11 is 0. The Morgan fingerprint density at radius 2 is 1.65 bits per heavy atom. The SMILES string of the molecule is CCc1cccc2nn(-c3cc(C(C)(C)C)cc(C(C)(C)C)c3O)nc12. The predicted octanol–water partition coefficient (Wildman–Crippen LogP) is 5.28. The Hall–Kier alpha value is -2.36. The van der Waals surface area contributed by atoms with E-state index in [9.17, 15) is 5.11 Å². The summed E-state index contributed by atoms with van der Waals surface area (Å²) in [7, 11) is 0. The van der Waals surface area contributed by atoms with Crippen LogP contribution in [0.5, 0.6) is 5.75 Å². The molecule has 0 radical (unpaired) electrons. The van der Waals surface area contributed by atoms with Gasteiger partial charge in [-0.3, -0.25) is 0 Å². The van der Waals surface area contributed by atoms with Gasteiger partial charge < -0.3 is 5.11 Å². The fourth-order valence-corrected chi connectivity index (χ4v) is 3.16. The summed E-state index contributed by atoms with van der Waals surface area (Å²) in [5.41, 5.74) is 5.40. The van der Waals surface area contributed by atoms with Crippen LogP contribution in [0.4, 0.5) is 0 Å². The molecular formula is C22H29N3O. The zero-order valence-corrected chi connectivity index (χ0v) is 16.9. The van der Waals surface area contributed by atoms with Crippen molar-refractivity contribution in [2.24, 2.45) is 0 Å². The van der Waals surface area contributed by atoms with Crippen molar-refractivity contribution in [1.82, 2.24) is 15.0 Å². The largest absolute Gasteiger partial charge is 0.505 e. The van der Waals surface area contributed by atoms with E-state index in [1.807, 2.05) is 18.2 Å². The Bertz CT molecular complexity index is 956. The van der Waals surface area contributed by atoms with E-state index in [1.165, 1.54) is 0 Å². The number of fused-ring (bicyclic) bond motifs is 1. The minimum atomic E-state index is -0.179. The third-order valence-corrected chi connectivity index (χ3v) is 4.86. The standard InChI is InChI=1S/C22H29N3O/c1-8-14-10-9-11-17-19(14)24-25(23-17)18-13-15(21(2,3)4)12-16(20(18)26)22(5,6)7/h9-13,26H,8H2,1-7H3. The topological polar surface area (TPSA) is 50.9 Å². The normalized spacial score (nSPS) is 12.7. The highest BCUT2D eigenvalue weighted by Crippen LogP contribution is 2.39. The average molecular weight is 351 g/mol. The molecule has 2 aromatic carbocycles. The van der Waals surface area contributed by atoms with E-state index < -0.39 is 0 Å². The van der Waals surface area contributed by atoms with Crippen LogP contribution in [-0.4, -0.2) is 20.1 Å². The number of nitrogens with zero attached hydrogens (tertiary/aromatic N) is 3. The molecule has 0 aliphatic carbocycles. The van der Waals surface area contributed by atoms with Gasteiger partial charge in [0, 0.05) is 5.56 Å². The van der Waals surface area contributed by atoms with Gasteiger partial charge in [-0.25, -0.2) is 0 Å². The van der Waals surface area contributed by atoms with Crippen molar-refractivity contribution in [3.05, 3.63) is 47.0 Å². The van der Waals surface area contributed by atoms with Gasteiger partial charge in [-0.05, 0) is 40.5 Å². The number of phenols is 1. The second-order valence-electron chi connectivity index (χ2n) is 9.02. The molecule has 1 aromatic heterocycles.